The second kappa shape index (κ2) is 2.75. The minimum atomic E-state index is -0.286. The number of hydrogen-bond donors (Lipinski definition) is 2. The summed E-state index contributed by atoms with van der Waals surface area (Å²) < 4.78 is 1.66. The minimum absolute atomic E-state index is 0.0785. The Hall–Kier alpha value is -1.10. The van der Waals surface area contributed by atoms with Crippen LogP contribution in [-0.2, 0) is 0 Å². The van der Waals surface area contributed by atoms with Crippen molar-refractivity contribution < 1.29 is 5.11 Å². The number of hydrogen-bond acceptors (Lipinski definition) is 4. The molecule has 2 atom stereocenters. The summed E-state index contributed by atoms with van der Waals surface area (Å²) in [5.41, 5.74) is 5.42. The maximum Gasteiger partial charge on any atom is 0.165 e. The van der Waals surface area contributed by atoms with E-state index in [-0.39, 0.29) is 12.1 Å². The molecular weight excluding hydrogens is 156 g/mol. The second-order valence-corrected chi connectivity index (χ2v) is 3.19. The Morgan fingerprint density at radius 2 is 2.42 bits per heavy atom. The molecule has 3 N–H and O–H groups in total. The van der Waals surface area contributed by atoms with Crippen molar-refractivity contribution in [2.45, 2.75) is 31.4 Å². The van der Waals surface area contributed by atoms with Crippen LogP contribution in [0.1, 0.15) is 25.3 Å². The summed E-state index contributed by atoms with van der Waals surface area (Å²) in [7, 11) is 0. The van der Waals surface area contributed by atoms with E-state index in [0.29, 0.717) is 5.82 Å². The van der Waals surface area contributed by atoms with Crippen molar-refractivity contribution >= 4 is 5.82 Å². The fourth-order valence-corrected chi connectivity index (χ4v) is 1.68. The van der Waals surface area contributed by atoms with Gasteiger partial charge in [0.1, 0.15) is 0 Å². The number of nitrogens with zero attached hydrogens (tertiary/aromatic N) is 3. The zero-order valence-electron chi connectivity index (χ0n) is 6.72. The Kier molecular flexibility index (Phi) is 1.73. The van der Waals surface area contributed by atoms with E-state index in [0.717, 1.165) is 19.3 Å². The average molecular weight is 168 g/mol. The largest absolute Gasteiger partial charge is 0.391 e. The van der Waals surface area contributed by atoms with E-state index < -0.39 is 0 Å². The third-order valence-corrected chi connectivity index (χ3v) is 2.31. The maximum atomic E-state index is 9.52. The molecule has 0 amide bonds. The van der Waals surface area contributed by atoms with E-state index >= 15 is 0 Å². The summed E-state index contributed by atoms with van der Waals surface area (Å²) in [4.78, 5) is 0. The standard InChI is InChI=1S/C7H12N4O/c8-7-4-11(10-9-7)5-2-1-3-6(5)12/h4-6,12H,1-3,8H2. The molecule has 1 aromatic heterocycles. The first kappa shape index (κ1) is 7.54. The molecule has 66 valence electrons. The third kappa shape index (κ3) is 1.16. The lowest BCUT2D eigenvalue weighted by molar-refractivity contribution is 0.129. The lowest BCUT2D eigenvalue weighted by Crippen LogP contribution is -2.18. The summed E-state index contributed by atoms with van der Waals surface area (Å²) in [5.74, 6) is 0.411. The van der Waals surface area contributed by atoms with Gasteiger partial charge in [0.15, 0.2) is 5.82 Å². The van der Waals surface area contributed by atoms with Gasteiger partial charge in [-0.15, -0.1) is 5.10 Å². The molecule has 1 aromatic rings. The van der Waals surface area contributed by atoms with Crippen molar-refractivity contribution in [1.29, 1.82) is 0 Å². The summed E-state index contributed by atoms with van der Waals surface area (Å²) >= 11 is 0. The van der Waals surface area contributed by atoms with E-state index in [4.69, 9.17) is 5.73 Å². The van der Waals surface area contributed by atoms with Crippen molar-refractivity contribution in [3.05, 3.63) is 6.20 Å². The summed E-state index contributed by atoms with van der Waals surface area (Å²) in [6.07, 6.45) is 4.24. The summed E-state index contributed by atoms with van der Waals surface area (Å²) in [6, 6.07) is 0.0785. The number of nitrogen functional groups attached to an aromatic ring is 1. The molecule has 1 aliphatic carbocycles. The van der Waals surface area contributed by atoms with Crippen LogP contribution in [0.25, 0.3) is 0 Å². The van der Waals surface area contributed by atoms with Crippen molar-refractivity contribution in [1.82, 2.24) is 15.0 Å². The zero-order valence-corrected chi connectivity index (χ0v) is 6.72. The molecule has 0 bridgehead atoms. The van der Waals surface area contributed by atoms with Gasteiger partial charge in [0.05, 0.1) is 18.3 Å². The number of aromatic nitrogens is 3. The second-order valence-electron chi connectivity index (χ2n) is 3.19. The molecular formula is C7H12N4O. The molecule has 1 heterocycles. The molecule has 5 nitrogen and oxygen atoms in total. The predicted octanol–water partition coefficient (Wildman–Crippen LogP) is -0.0538. The van der Waals surface area contributed by atoms with Gasteiger partial charge in [0.2, 0.25) is 0 Å². The van der Waals surface area contributed by atoms with Crippen LogP contribution < -0.4 is 5.73 Å². The van der Waals surface area contributed by atoms with Crippen LogP contribution in [0.15, 0.2) is 6.20 Å². The van der Waals surface area contributed by atoms with Gasteiger partial charge in [-0.05, 0) is 19.3 Å². The van der Waals surface area contributed by atoms with Gasteiger partial charge in [-0.2, -0.15) is 0 Å². The van der Waals surface area contributed by atoms with Crippen LogP contribution in [0.5, 0.6) is 0 Å². The quantitative estimate of drug-likeness (QED) is 0.616. The fraction of sp³-hybridized carbons (Fsp3) is 0.714. The van der Waals surface area contributed by atoms with Gasteiger partial charge in [0, 0.05) is 0 Å². The molecule has 1 fully saturated rings. The Morgan fingerprint density at radius 3 is 2.92 bits per heavy atom. The fourth-order valence-electron chi connectivity index (χ4n) is 1.68. The Bertz CT molecular complexity index is 272. The summed E-state index contributed by atoms with van der Waals surface area (Å²) in [5, 5.41) is 17.0. The van der Waals surface area contributed by atoms with E-state index in [2.05, 4.69) is 10.3 Å². The molecule has 2 rings (SSSR count). The molecule has 0 saturated heterocycles. The van der Waals surface area contributed by atoms with Crippen LogP contribution in [-0.4, -0.2) is 26.2 Å². The average Bonchev–Trinajstić information content (AvgIpc) is 2.58. The van der Waals surface area contributed by atoms with Crippen LogP contribution in [0, 0.1) is 0 Å². The van der Waals surface area contributed by atoms with E-state index in [1.165, 1.54) is 0 Å². The molecule has 0 aromatic carbocycles. The topological polar surface area (TPSA) is 77.0 Å². The number of aliphatic hydroxyl groups excluding tert-OH is 1. The molecule has 1 saturated carbocycles. The van der Waals surface area contributed by atoms with E-state index in [1.54, 1.807) is 10.9 Å². The van der Waals surface area contributed by atoms with Crippen LogP contribution in [0.2, 0.25) is 0 Å². The highest BCUT2D eigenvalue weighted by Crippen LogP contribution is 2.29. The number of aliphatic hydroxyl groups is 1. The number of nitrogens with two attached hydrogens (primary N) is 1. The van der Waals surface area contributed by atoms with Gasteiger partial charge in [-0.3, -0.25) is 0 Å². The number of anilines is 1. The van der Waals surface area contributed by atoms with Crippen molar-refractivity contribution in [3.8, 4) is 0 Å². The van der Waals surface area contributed by atoms with Crippen LogP contribution in [0.3, 0.4) is 0 Å². The van der Waals surface area contributed by atoms with E-state index in [9.17, 15) is 5.11 Å². The molecule has 0 radical (unpaired) electrons. The summed E-state index contributed by atoms with van der Waals surface area (Å²) in [6.45, 7) is 0. The SMILES string of the molecule is Nc1cn(C2CCCC2O)nn1. The highest BCUT2D eigenvalue weighted by molar-refractivity contribution is 5.20. The Balaban J connectivity index is 2.19. The van der Waals surface area contributed by atoms with Gasteiger partial charge in [0.25, 0.3) is 0 Å². The highest BCUT2D eigenvalue weighted by atomic mass is 16.3. The van der Waals surface area contributed by atoms with Crippen LogP contribution in [0.4, 0.5) is 5.82 Å². The monoisotopic (exact) mass is 168 g/mol. The van der Waals surface area contributed by atoms with Crippen molar-refractivity contribution in [2.75, 3.05) is 5.73 Å². The highest BCUT2D eigenvalue weighted by Gasteiger charge is 2.27. The Morgan fingerprint density at radius 1 is 1.58 bits per heavy atom. The first-order valence-corrected chi connectivity index (χ1v) is 4.13. The Labute approximate surface area is 70.2 Å². The minimum Gasteiger partial charge on any atom is -0.391 e. The van der Waals surface area contributed by atoms with Gasteiger partial charge in [-0.25, -0.2) is 4.68 Å². The van der Waals surface area contributed by atoms with Gasteiger partial charge >= 0.3 is 0 Å². The normalized spacial score (nSPS) is 29.4. The number of rotatable bonds is 1. The van der Waals surface area contributed by atoms with Crippen molar-refractivity contribution in [2.24, 2.45) is 0 Å². The first-order valence-electron chi connectivity index (χ1n) is 4.13. The maximum absolute atomic E-state index is 9.52. The smallest absolute Gasteiger partial charge is 0.165 e. The molecule has 5 heteroatoms. The molecule has 2 unspecified atom stereocenters. The third-order valence-electron chi connectivity index (χ3n) is 2.31. The molecule has 0 spiro atoms. The predicted molar refractivity (Wildman–Crippen MR) is 43.3 cm³/mol. The zero-order chi connectivity index (χ0) is 8.55. The van der Waals surface area contributed by atoms with Gasteiger partial charge < -0.3 is 10.8 Å². The van der Waals surface area contributed by atoms with Gasteiger partial charge in [-0.1, -0.05) is 5.21 Å². The lowest BCUT2D eigenvalue weighted by Gasteiger charge is -2.12. The van der Waals surface area contributed by atoms with E-state index in [1.807, 2.05) is 0 Å². The van der Waals surface area contributed by atoms with Crippen LogP contribution >= 0.6 is 0 Å². The molecule has 0 aliphatic heterocycles. The first-order chi connectivity index (χ1) is 5.77. The molecule has 1 aliphatic rings. The lowest BCUT2D eigenvalue weighted by atomic mass is 10.2. The van der Waals surface area contributed by atoms with Crippen molar-refractivity contribution in [3.63, 3.8) is 0 Å². The molecule has 12 heavy (non-hydrogen) atoms.